The molecule has 0 saturated heterocycles. The third kappa shape index (κ3) is 5.70. The molecule has 0 radical (unpaired) electrons. The van der Waals surface area contributed by atoms with E-state index >= 15 is 0 Å². The molecule has 6 heteroatoms. The summed E-state index contributed by atoms with van der Waals surface area (Å²) >= 11 is 1.27. The molecule has 0 atom stereocenters. The normalized spacial score (nSPS) is 13.2. The van der Waals surface area contributed by atoms with Crippen molar-refractivity contribution < 1.29 is 4.79 Å². The molecule has 1 amide bonds. The molecule has 1 heterocycles. The maximum atomic E-state index is 12.2. The molecule has 1 aromatic carbocycles. The number of hydrogen-bond acceptors (Lipinski definition) is 4. The van der Waals surface area contributed by atoms with Gasteiger partial charge in [-0.3, -0.25) is 9.59 Å². The van der Waals surface area contributed by atoms with Crippen molar-refractivity contribution in [3.05, 3.63) is 51.4 Å². The number of carbonyl (C=O) groups excluding carboxylic acids is 1. The first-order chi connectivity index (χ1) is 13.2. The lowest BCUT2D eigenvalue weighted by atomic mass is 9.97. The van der Waals surface area contributed by atoms with Crippen molar-refractivity contribution in [1.29, 1.82) is 0 Å². The number of aromatic nitrogens is 2. The second kappa shape index (κ2) is 9.74. The van der Waals surface area contributed by atoms with Gasteiger partial charge in [0.2, 0.25) is 5.91 Å². The smallest absolute Gasteiger partial charge is 0.254 e. The molecule has 2 aromatic rings. The van der Waals surface area contributed by atoms with Gasteiger partial charge in [-0.05, 0) is 56.2 Å². The largest absolute Gasteiger partial charge is 0.325 e. The van der Waals surface area contributed by atoms with Crippen LogP contribution in [-0.2, 0) is 24.1 Å². The number of hydrogen-bond donors (Lipinski definition) is 2. The zero-order valence-corrected chi connectivity index (χ0v) is 16.7. The Hall–Kier alpha value is -2.08. The monoisotopic (exact) mass is 385 g/mol. The Kier molecular flexibility index (Phi) is 7.10. The summed E-state index contributed by atoms with van der Waals surface area (Å²) in [5, 5.41) is 3.43. The van der Waals surface area contributed by atoms with Gasteiger partial charge in [0, 0.05) is 11.3 Å². The zero-order valence-electron chi connectivity index (χ0n) is 15.8. The van der Waals surface area contributed by atoms with Crippen molar-refractivity contribution in [2.75, 3.05) is 11.1 Å². The lowest BCUT2D eigenvalue weighted by molar-refractivity contribution is -0.113. The third-order valence-electron chi connectivity index (χ3n) is 4.82. The van der Waals surface area contributed by atoms with Crippen molar-refractivity contribution in [3.63, 3.8) is 0 Å². The summed E-state index contributed by atoms with van der Waals surface area (Å²) in [5.74, 6) is 0.124. The lowest BCUT2D eigenvalue weighted by Crippen LogP contribution is -2.22. The standard InChI is InChI=1S/C21H27N3O2S/c1-2-3-4-7-15-10-12-16(13-11-15)22-19(25)14-27-21-23-18-9-6-5-8-17(18)20(26)24-21/h10-13H,2-9,14H2,1H3,(H,22,25)(H,23,24,26). The van der Waals surface area contributed by atoms with Crippen LogP contribution >= 0.6 is 11.8 Å². The second-order valence-corrected chi connectivity index (χ2v) is 7.96. The summed E-state index contributed by atoms with van der Waals surface area (Å²) in [7, 11) is 0. The molecular weight excluding hydrogens is 358 g/mol. The predicted octanol–water partition coefficient (Wildman–Crippen LogP) is 4.11. The van der Waals surface area contributed by atoms with Gasteiger partial charge in [0.05, 0.1) is 11.4 Å². The number of thioether (sulfide) groups is 1. The van der Waals surface area contributed by atoms with E-state index in [4.69, 9.17) is 0 Å². The molecule has 0 spiro atoms. The summed E-state index contributed by atoms with van der Waals surface area (Å²) < 4.78 is 0. The van der Waals surface area contributed by atoms with E-state index in [0.29, 0.717) is 5.16 Å². The molecule has 0 aliphatic heterocycles. The average molecular weight is 386 g/mol. The summed E-state index contributed by atoms with van der Waals surface area (Å²) in [5.41, 5.74) is 3.75. The van der Waals surface area contributed by atoms with Crippen LogP contribution in [0.25, 0.3) is 0 Å². The number of amides is 1. The summed E-state index contributed by atoms with van der Waals surface area (Å²) in [6.45, 7) is 2.20. The number of nitrogens with one attached hydrogen (secondary N) is 2. The molecule has 0 unspecified atom stereocenters. The van der Waals surface area contributed by atoms with Crippen molar-refractivity contribution in [3.8, 4) is 0 Å². The molecule has 144 valence electrons. The van der Waals surface area contributed by atoms with Crippen LogP contribution in [0, 0.1) is 0 Å². The van der Waals surface area contributed by atoms with E-state index < -0.39 is 0 Å². The molecule has 0 fully saturated rings. The minimum absolute atomic E-state index is 0.0544. The fourth-order valence-electron chi connectivity index (χ4n) is 3.31. The number of fused-ring (bicyclic) bond motifs is 1. The first-order valence-electron chi connectivity index (χ1n) is 9.79. The maximum Gasteiger partial charge on any atom is 0.254 e. The van der Waals surface area contributed by atoms with Gasteiger partial charge in [-0.1, -0.05) is 43.7 Å². The van der Waals surface area contributed by atoms with E-state index in [0.717, 1.165) is 49.0 Å². The Balaban J connectivity index is 1.51. The van der Waals surface area contributed by atoms with E-state index in [9.17, 15) is 9.59 Å². The Morgan fingerprint density at radius 3 is 2.74 bits per heavy atom. The van der Waals surface area contributed by atoms with Crippen LogP contribution in [0.3, 0.4) is 0 Å². The fraction of sp³-hybridized carbons (Fsp3) is 0.476. The summed E-state index contributed by atoms with van der Waals surface area (Å²) in [6, 6.07) is 8.04. The van der Waals surface area contributed by atoms with E-state index in [1.807, 2.05) is 12.1 Å². The van der Waals surface area contributed by atoms with Crippen molar-refractivity contribution in [1.82, 2.24) is 9.97 Å². The Bertz CT molecular complexity index is 830. The van der Waals surface area contributed by atoms with Gasteiger partial charge in [-0.15, -0.1) is 0 Å². The van der Waals surface area contributed by atoms with Crippen molar-refractivity contribution >= 4 is 23.4 Å². The highest BCUT2D eigenvalue weighted by atomic mass is 32.2. The summed E-state index contributed by atoms with van der Waals surface area (Å²) in [4.78, 5) is 31.7. The van der Waals surface area contributed by atoms with E-state index in [2.05, 4.69) is 34.3 Å². The van der Waals surface area contributed by atoms with Crippen LogP contribution in [-0.4, -0.2) is 21.6 Å². The topological polar surface area (TPSA) is 74.8 Å². The molecule has 0 saturated carbocycles. The highest BCUT2D eigenvalue weighted by molar-refractivity contribution is 7.99. The first-order valence-corrected chi connectivity index (χ1v) is 10.8. The molecule has 3 rings (SSSR count). The van der Waals surface area contributed by atoms with Gasteiger partial charge in [0.25, 0.3) is 5.56 Å². The molecule has 1 aliphatic rings. The quantitative estimate of drug-likeness (QED) is 0.407. The number of nitrogens with zero attached hydrogens (tertiary/aromatic N) is 1. The molecule has 1 aromatic heterocycles. The number of unbranched alkanes of at least 4 members (excludes halogenated alkanes) is 2. The highest BCUT2D eigenvalue weighted by Crippen LogP contribution is 2.19. The molecular formula is C21H27N3O2S. The summed E-state index contributed by atoms with van der Waals surface area (Å²) in [6.07, 6.45) is 8.51. The number of aromatic amines is 1. The molecule has 27 heavy (non-hydrogen) atoms. The molecule has 2 N–H and O–H groups in total. The molecule has 5 nitrogen and oxygen atoms in total. The Labute approximate surface area is 164 Å². The van der Waals surface area contributed by atoms with Crippen LogP contribution in [0.1, 0.15) is 55.8 Å². The molecule has 0 bridgehead atoms. The zero-order chi connectivity index (χ0) is 19.1. The van der Waals surface area contributed by atoms with Gasteiger partial charge in [0.15, 0.2) is 5.16 Å². The van der Waals surface area contributed by atoms with Gasteiger partial charge in [-0.2, -0.15) is 0 Å². The van der Waals surface area contributed by atoms with Crippen molar-refractivity contribution in [2.24, 2.45) is 0 Å². The number of anilines is 1. The van der Waals surface area contributed by atoms with Crippen LogP contribution in [0.5, 0.6) is 0 Å². The number of rotatable bonds is 8. The molecule has 1 aliphatic carbocycles. The second-order valence-electron chi connectivity index (χ2n) is 6.99. The number of benzene rings is 1. The third-order valence-corrected chi connectivity index (χ3v) is 5.69. The van der Waals surface area contributed by atoms with E-state index in [-0.39, 0.29) is 17.2 Å². The van der Waals surface area contributed by atoms with Crippen LogP contribution in [0.2, 0.25) is 0 Å². The van der Waals surface area contributed by atoms with Crippen LogP contribution in [0.4, 0.5) is 5.69 Å². The number of H-pyrrole nitrogens is 1. The van der Waals surface area contributed by atoms with Crippen LogP contribution < -0.4 is 10.9 Å². The minimum Gasteiger partial charge on any atom is -0.325 e. The maximum absolute atomic E-state index is 12.2. The van der Waals surface area contributed by atoms with Crippen LogP contribution in [0.15, 0.2) is 34.2 Å². The Morgan fingerprint density at radius 1 is 1.19 bits per heavy atom. The van der Waals surface area contributed by atoms with E-state index in [1.165, 1.54) is 36.6 Å². The average Bonchev–Trinajstić information content (AvgIpc) is 2.68. The van der Waals surface area contributed by atoms with Gasteiger partial charge in [0.1, 0.15) is 0 Å². The lowest BCUT2D eigenvalue weighted by Gasteiger charge is -2.14. The highest BCUT2D eigenvalue weighted by Gasteiger charge is 2.16. The predicted molar refractivity (Wildman–Crippen MR) is 111 cm³/mol. The Morgan fingerprint density at radius 2 is 1.96 bits per heavy atom. The van der Waals surface area contributed by atoms with E-state index in [1.54, 1.807) is 0 Å². The first kappa shape index (κ1) is 19.7. The SMILES string of the molecule is CCCCCc1ccc(NC(=O)CSc2nc3c(c(=O)[nH]2)CCCC3)cc1. The van der Waals surface area contributed by atoms with Gasteiger partial charge in [-0.25, -0.2) is 4.98 Å². The van der Waals surface area contributed by atoms with Gasteiger partial charge < -0.3 is 10.3 Å². The number of aryl methyl sites for hydroxylation is 2. The fourth-order valence-corrected chi connectivity index (χ4v) is 3.99. The number of carbonyl (C=O) groups is 1. The minimum atomic E-state index is -0.0981. The van der Waals surface area contributed by atoms with Gasteiger partial charge >= 0.3 is 0 Å². The van der Waals surface area contributed by atoms with Crippen molar-refractivity contribution in [2.45, 2.75) is 63.4 Å².